The van der Waals surface area contributed by atoms with Crippen LogP contribution in [0.15, 0.2) is 42.5 Å². The number of nitrogens with two attached hydrogens (primary N) is 1. The van der Waals surface area contributed by atoms with Gasteiger partial charge in [-0.2, -0.15) is 26.3 Å². The van der Waals surface area contributed by atoms with Gasteiger partial charge >= 0.3 is 12.4 Å². The Bertz CT molecular complexity index is 963. The number of hydrogen-bond acceptors (Lipinski definition) is 3. The topological polar surface area (TPSA) is 47.7 Å². The molecule has 0 aliphatic carbocycles. The zero-order valence-electron chi connectivity index (χ0n) is 17.1. The number of halogens is 7. The summed E-state index contributed by atoms with van der Waals surface area (Å²) in [7, 11) is 0. The summed E-state index contributed by atoms with van der Waals surface area (Å²) < 4.78 is 104. The minimum Gasteiger partial charge on any atom is -0.376 e. The summed E-state index contributed by atoms with van der Waals surface area (Å²) >= 11 is 5.06. The molecule has 4 nitrogen and oxygen atoms in total. The van der Waals surface area contributed by atoms with Crippen LogP contribution in [0.4, 0.5) is 30.7 Å². The molecule has 180 valence electrons. The summed E-state index contributed by atoms with van der Waals surface area (Å²) in [5.74, 6) is -0.508. The lowest BCUT2D eigenvalue weighted by atomic mass is 10.0. The van der Waals surface area contributed by atoms with Gasteiger partial charge in [0.05, 0.1) is 23.8 Å². The van der Waals surface area contributed by atoms with Crippen molar-refractivity contribution in [3.63, 3.8) is 0 Å². The van der Waals surface area contributed by atoms with Crippen molar-refractivity contribution in [1.82, 2.24) is 4.90 Å². The molecule has 2 aromatic carbocycles. The molecule has 3 atom stereocenters. The van der Waals surface area contributed by atoms with E-state index in [0.717, 1.165) is 0 Å². The smallest absolute Gasteiger partial charge is 0.376 e. The lowest BCUT2D eigenvalue weighted by Crippen LogP contribution is -2.51. The Balaban J connectivity index is 1.96. The standard InChI is InChI=1S/C21H19F7N2O2S/c1-11(13-8-14(20(23,24)25)10-15(9-13)21(26,27)28)32-18-17(12-2-4-16(22)5-3-12)30(19(29)33)6-7-31-18/h2-5,8-11,17-18H,6-7H2,1H3,(H2,29,33)/t11-,17+,18-/m1/s1. The highest BCUT2D eigenvalue weighted by molar-refractivity contribution is 7.80. The molecule has 0 amide bonds. The number of alkyl halides is 6. The van der Waals surface area contributed by atoms with Gasteiger partial charge in [-0.3, -0.25) is 0 Å². The van der Waals surface area contributed by atoms with Gasteiger partial charge in [-0.1, -0.05) is 12.1 Å². The minimum absolute atomic E-state index is 0.0210. The van der Waals surface area contributed by atoms with E-state index in [0.29, 0.717) is 17.7 Å². The molecule has 0 unspecified atom stereocenters. The van der Waals surface area contributed by atoms with E-state index in [1.54, 1.807) is 0 Å². The van der Waals surface area contributed by atoms with Crippen LogP contribution in [0, 0.1) is 5.82 Å². The molecule has 1 aliphatic heterocycles. The Kier molecular flexibility index (Phi) is 7.20. The lowest BCUT2D eigenvalue weighted by molar-refractivity contribution is -0.219. The summed E-state index contributed by atoms with van der Waals surface area (Å²) in [6, 6.07) is 5.69. The predicted molar refractivity (Wildman–Crippen MR) is 108 cm³/mol. The fourth-order valence-electron chi connectivity index (χ4n) is 3.50. The summed E-state index contributed by atoms with van der Waals surface area (Å²) in [6.07, 6.45) is -12.4. The van der Waals surface area contributed by atoms with Crippen LogP contribution in [0.1, 0.15) is 41.3 Å². The van der Waals surface area contributed by atoms with Crippen molar-refractivity contribution in [3.8, 4) is 0 Å². The van der Waals surface area contributed by atoms with Gasteiger partial charge in [0.1, 0.15) is 11.9 Å². The number of thiocarbonyl (C=S) groups is 1. The molecule has 33 heavy (non-hydrogen) atoms. The molecule has 0 aromatic heterocycles. The van der Waals surface area contributed by atoms with E-state index < -0.39 is 47.7 Å². The summed E-state index contributed by atoms with van der Waals surface area (Å²) in [6.45, 7) is 1.65. The molecule has 1 saturated heterocycles. The van der Waals surface area contributed by atoms with Gasteiger partial charge in [-0.05, 0) is 60.6 Å². The molecule has 0 bridgehead atoms. The Hall–Kier alpha value is -2.44. The number of hydrogen-bond donors (Lipinski definition) is 1. The second kappa shape index (κ2) is 9.43. The van der Waals surface area contributed by atoms with Crippen LogP contribution >= 0.6 is 12.2 Å². The Morgan fingerprint density at radius 3 is 2.09 bits per heavy atom. The maximum absolute atomic E-state index is 13.4. The molecule has 3 rings (SSSR count). The molecule has 0 radical (unpaired) electrons. The highest BCUT2D eigenvalue weighted by Crippen LogP contribution is 2.39. The van der Waals surface area contributed by atoms with E-state index in [1.165, 1.54) is 36.1 Å². The number of ether oxygens (including phenoxy) is 2. The van der Waals surface area contributed by atoms with Crippen molar-refractivity contribution < 1.29 is 40.2 Å². The first kappa shape index (κ1) is 25.2. The third-order valence-corrected chi connectivity index (χ3v) is 5.35. The van der Waals surface area contributed by atoms with E-state index in [-0.39, 0.29) is 29.9 Å². The molecule has 2 aromatic rings. The molecule has 2 N–H and O–H groups in total. The van der Waals surface area contributed by atoms with Gasteiger partial charge in [0.25, 0.3) is 0 Å². The van der Waals surface area contributed by atoms with Crippen molar-refractivity contribution in [2.75, 3.05) is 13.2 Å². The summed E-state index contributed by atoms with van der Waals surface area (Å²) in [5.41, 5.74) is 3.03. The van der Waals surface area contributed by atoms with Crippen LogP contribution in [0.25, 0.3) is 0 Å². The van der Waals surface area contributed by atoms with Crippen LogP contribution < -0.4 is 5.73 Å². The maximum Gasteiger partial charge on any atom is 0.416 e. The highest BCUT2D eigenvalue weighted by Gasteiger charge is 2.39. The highest BCUT2D eigenvalue weighted by atomic mass is 32.1. The molecular weight excluding hydrogens is 477 g/mol. The van der Waals surface area contributed by atoms with Gasteiger partial charge in [-0.15, -0.1) is 0 Å². The van der Waals surface area contributed by atoms with Gasteiger partial charge in [-0.25, -0.2) is 4.39 Å². The minimum atomic E-state index is -4.99. The third kappa shape index (κ3) is 5.92. The molecule has 1 aliphatic rings. The second-order valence-corrected chi connectivity index (χ2v) is 7.80. The molecule has 1 fully saturated rings. The number of morpholine rings is 1. The first-order valence-electron chi connectivity index (χ1n) is 9.65. The lowest BCUT2D eigenvalue weighted by Gasteiger charge is -2.42. The average Bonchev–Trinajstić information content (AvgIpc) is 2.72. The van der Waals surface area contributed by atoms with E-state index >= 15 is 0 Å². The van der Waals surface area contributed by atoms with Crippen molar-refractivity contribution in [2.24, 2.45) is 5.73 Å². The van der Waals surface area contributed by atoms with Crippen molar-refractivity contribution in [2.45, 2.75) is 37.7 Å². The van der Waals surface area contributed by atoms with Gasteiger partial charge in [0.15, 0.2) is 11.4 Å². The van der Waals surface area contributed by atoms with Crippen LogP contribution in [0.2, 0.25) is 0 Å². The monoisotopic (exact) mass is 496 g/mol. The fraction of sp³-hybridized carbons (Fsp3) is 0.381. The van der Waals surface area contributed by atoms with Crippen LogP contribution in [0.3, 0.4) is 0 Å². The van der Waals surface area contributed by atoms with Gasteiger partial charge < -0.3 is 20.1 Å². The van der Waals surface area contributed by atoms with E-state index in [1.807, 2.05) is 0 Å². The van der Waals surface area contributed by atoms with Gasteiger partial charge in [0, 0.05) is 6.54 Å². The third-order valence-electron chi connectivity index (χ3n) is 5.12. The Morgan fingerprint density at radius 2 is 1.61 bits per heavy atom. The van der Waals surface area contributed by atoms with Crippen LogP contribution in [-0.2, 0) is 21.8 Å². The first-order chi connectivity index (χ1) is 15.3. The van der Waals surface area contributed by atoms with Crippen molar-refractivity contribution in [1.29, 1.82) is 0 Å². The Labute approximate surface area is 190 Å². The Morgan fingerprint density at radius 1 is 1.06 bits per heavy atom. The summed E-state index contributed by atoms with van der Waals surface area (Å²) in [4.78, 5) is 1.54. The zero-order chi connectivity index (χ0) is 24.6. The average molecular weight is 496 g/mol. The van der Waals surface area contributed by atoms with E-state index in [2.05, 4.69) is 0 Å². The predicted octanol–water partition coefficient (Wildman–Crippen LogP) is 5.58. The fourth-order valence-corrected chi connectivity index (χ4v) is 3.70. The zero-order valence-corrected chi connectivity index (χ0v) is 17.9. The van der Waals surface area contributed by atoms with Gasteiger partial charge in [0.2, 0.25) is 0 Å². The maximum atomic E-state index is 13.4. The molecule has 12 heteroatoms. The van der Waals surface area contributed by atoms with E-state index in [9.17, 15) is 30.7 Å². The number of nitrogens with zero attached hydrogens (tertiary/aromatic N) is 1. The second-order valence-electron chi connectivity index (χ2n) is 7.38. The quantitative estimate of drug-likeness (QED) is 0.442. The molecular formula is C21H19F7N2O2S. The molecule has 0 spiro atoms. The number of rotatable bonds is 4. The first-order valence-corrected chi connectivity index (χ1v) is 10.1. The van der Waals surface area contributed by atoms with Crippen molar-refractivity contribution in [3.05, 3.63) is 70.5 Å². The molecule has 1 heterocycles. The normalized spacial score (nSPS) is 20.5. The van der Waals surface area contributed by atoms with Crippen molar-refractivity contribution >= 4 is 17.3 Å². The van der Waals surface area contributed by atoms with Crippen LogP contribution in [-0.4, -0.2) is 29.5 Å². The van der Waals surface area contributed by atoms with Crippen LogP contribution in [0.5, 0.6) is 0 Å². The molecule has 0 saturated carbocycles. The number of benzene rings is 2. The van der Waals surface area contributed by atoms with E-state index in [4.69, 9.17) is 27.4 Å². The summed E-state index contributed by atoms with van der Waals surface area (Å²) in [5, 5.41) is -0.0210. The SMILES string of the molecule is C[C@@H](O[C@H]1OCCN(C(N)=S)[C@H]1c1ccc(F)cc1)c1cc(C(F)(F)F)cc(C(F)(F)F)c1. The largest absolute Gasteiger partial charge is 0.416 e.